The van der Waals surface area contributed by atoms with Crippen LogP contribution < -0.4 is 5.56 Å². The fraction of sp³-hybridized carbons (Fsp3) is 0.310. The van der Waals surface area contributed by atoms with Crippen molar-refractivity contribution >= 4 is 10.9 Å². The predicted octanol–water partition coefficient (Wildman–Crippen LogP) is 5.32. The zero-order chi connectivity index (χ0) is 25.2. The van der Waals surface area contributed by atoms with Gasteiger partial charge in [-0.2, -0.15) is 0 Å². The molecule has 5 aromatic rings. The van der Waals surface area contributed by atoms with Crippen LogP contribution in [0.1, 0.15) is 66.0 Å². The highest BCUT2D eigenvalue weighted by atomic mass is 16.3. The Hall–Kier alpha value is -4.04. The van der Waals surface area contributed by atoms with Crippen LogP contribution in [0.15, 0.2) is 82.2 Å². The number of fused-ring (bicyclic) bond motifs is 1. The lowest BCUT2D eigenvalue weighted by Crippen LogP contribution is -2.35. The molecule has 1 fully saturated rings. The number of pyridine rings is 1. The predicted molar refractivity (Wildman–Crippen MR) is 141 cm³/mol. The van der Waals surface area contributed by atoms with Crippen LogP contribution in [-0.2, 0) is 13.1 Å². The Morgan fingerprint density at radius 2 is 1.89 bits per heavy atom. The van der Waals surface area contributed by atoms with Crippen molar-refractivity contribution in [1.82, 2.24) is 30.1 Å². The van der Waals surface area contributed by atoms with E-state index in [2.05, 4.69) is 50.5 Å². The summed E-state index contributed by atoms with van der Waals surface area (Å²) in [6, 6.07) is 21.9. The number of hydrogen-bond donors (Lipinski definition) is 1. The Morgan fingerprint density at radius 1 is 1.05 bits per heavy atom. The van der Waals surface area contributed by atoms with Gasteiger partial charge in [-0.1, -0.05) is 54.8 Å². The molecular weight excluding hydrogens is 464 g/mol. The van der Waals surface area contributed by atoms with E-state index in [9.17, 15) is 4.79 Å². The number of rotatable bonds is 8. The maximum atomic E-state index is 13.7. The number of nitrogens with zero attached hydrogens (tertiary/aromatic N) is 5. The lowest BCUT2D eigenvalue weighted by Gasteiger charge is -2.31. The Kier molecular flexibility index (Phi) is 6.40. The second-order valence-electron chi connectivity index (χ2n) is 9.94. The number of aryl methyl sites for hydroxylation is 1. The minimum atomic E-state index is -0.477. The van der Waals surface area contributed by atoms with E-state index in [0.29, 0.717) is 24.5 Å². The number of tetrazole rings is 1. The van der Waals surface area contributed by atoms with Gasteiger partial charge in [0, 0.05) is 17.6 Å². The highest BCUT2D eigenvalue weighted by molar-refractivity contribution is 5.79. The monoisotopic (exact) mass is 494 g/mol. The van der Waals surface area contributed by atoms with Gasteiger partial charge in [0.05, 0.1) is 18.8 Å². The number of hydrogen-bond acceptors (Lipinski definition) is 6. The van der Waals surface area contributed by atoms with Gasteiger partial charge in [0.25, 0.3) is 5.56 Å². The molecule has 1 aliphatic carbocycles. The number of H-pyrrole nitrogens is 1. The molecule has 0 spiro atoms. The standard InChI is InChI=1S/C29H30N6O2/c1-20-13-14-26-22(16-20)17-25(29(36)30-26)27(28-31-32-33-35(28)23-10-5-6-11-23)34(19-24-12-7-15-37-24)18-21-8-3-2-4-9-21/h2-4,7-9,12-17,23,27H,5-6,10-11,18-19H2,1H3,(H,30,36). The lowest BCUT2D eigenvalue weighted by molar-refractivity contribution is 0.176. The van der Waals surface area contributed by atoms with Crippen LogP contribution in [0.5, 0.6) is 0 Å². The van der Waals surface area contributed by atoms with Crippen molar-refractivity contribution in [2.24, 2.45) is 0 Å². The molecule has 8 nitrogen and oxygen atoms in total. The summed E-state index contributed by atoms with van der Waals surface area (Å²) in [5.41, 5.74) is 3.56. The van der Waals surface area contributed by atoms with Crippen LogP contribution in [0.2, 0.25) is 0 Å². The number of furan rings is 1. The quantitative estimate of drug-likeness (QED) is 0.314. The molecule has 0 aliphatic heterocycles. The van der Waals surface area contributed by atoms with Crippen molar-refractivity contribution in [3.05, 3.63) is 112 Å². The van der Waals surface area contributed by atoms with Gasteiger partial charge >= 0.3 is 0 Å². The Bertz CT molecular complexity index is 1530. The molecule has 1 unspecified atom stereocenters. The summed E-state index contributed by atoms with van der Waals surface area (Å²) in [6.45, 7) is 3.14. The van der Waals surface area contributed by atoms with Crippen molar-refractivity contribution in [1.29, 1.82) is 0 Å². The molecule has 0 radical (unpaired) electrons. The van der Waals surface area contributed by atoms with Crippen LogP contribution in [0.25, 0.3) is 10.9 Å². The molecule has 1 aliphatic rings. The molecular formula is C29H30N6O2. The Labute approximate surface area is 214 Å². The third-order valence-electron chi connectivity index (χ3n) is 7.29. The minimum Gasteiger partial charge on any atom is -0.468 e. The smallest absolute Gasteiger partial charge is 0.253 e. The van der Waals surface area contributed by atoms with Crippen LogP contribution >= 0.6 is 0 Å². The zero-order valence-electron chi connectivity index (χ0n) is 20.9. The van der Waals surface area contributed by atoms with Gasteiger partial charge in [-0.05, 0) is 71.5 Å². The molecule has 8 heteroatoms. The van der Waals surface area contributed by atoms with Gasteiger partial charge in [-0.15, -0.1) is 5.10 Å². The summed E-state index contributed by atoms with van der Waals surface area (Å²) in [4.78, 5) is 19.0. The number of benzene rings is 2. The van der Waals surface area contributed by atoms with E-state index in [4.69, 9.17) is 4.42 Å². The maximum absolute atomic E-state index is 13.7. The molecule has 0 saturated heterocycles. The minimum absolute atomic E-state index is 0.139. The normalized spacial score (nSPS) is 15.1. The van der Waals surface area contributed by atoms with Gasteiger partial charge in [0.15, 0.2) is 5.82 Å². The first-order chi connectivity index (χ1) is 18.2. The topological polar surface area (TPSA) is 92.8 Å². The van der Waals surface area contributed by atoms with Gasteiger partial charge < -0.3 is 9.40 Å². The van der Waals surface area contributed by atoms with Gasteiger partial charge in [0.1, 0.15) is 11.8 Å². The highest BCUT2D eigenvalue weighted by Gasteiger charge is 2.33. The molecule has 188 valence electrons. The van der Waals surface area contributed by atoms with Crippen LogP contribution in [-0.4, -0.2) is 30.1 Å². The van der Waals surface area contributed by atoms with E-state index >= 15 is 0 Å². The van der Waals surface area contributed by atoms with Gasteiger partial charge in [-0.3, -0.25) is 9.69 Å². The molecule has 1 saturated carbocycles. The average molecular weight is 495 g/mol. The third-order valence-corrected chi connectivity index (χ3v) is 7.29. The molecule has 6 rings (SSSR count). The molecule has 0 amide bonds. The fourth-order valence-corrected chi connectivity index (χ4v) is 5.49. The summed E-state index contributed by atoms with van der Waals surface area (Å²) in [7, 11) is 0. The SMILES string of the molecule is Cc1ccc2[nH]c(=O)c(C(c3nnnn3C3CCCC3)N(Cc3ccccc3)Cc3ccco3)cc2c1. The molecule has 3 heterocycles. The molecule has 0 bridgehead atoms. The molecule has 37 heavy (non-hydrogen) atoms. The van der Waals surface area contributed by atoms with E-state index in [1.165, 1.54) is 0 Å². The van der Waals surface area contributed by atoms with Crippen molar-refractivity contribution in [2.45, 2.75) is 57.8 Å². The van der Waals surface area contributed by atoms with Crippen LogP contribution in [0.3, 0.4) is 0 Å². The number of nitrogens with one attached hydrogen (secondary N) is 1. The first kappa shape index (κ1) is 23.4. The molecule has 1 atom stereocenters. The zero-order valence-corrected chi connectivity index (χ0v) is 20.9. The summed E-state index contributed by atoms with van der Waals surface area (Å²) < 4.78 is 7.72. The van der Waals surface area contributed by atoms with E-state index in [0.717, 1.165) is 53.5 Å². The first-order valence-electron chi connectivity index (χ1n) is 12.9. The van der Waals surface area contributed by atoms with Crippen molar-refractivity contribution in [3.8, 4) is 0 Å². The largest absolute Gasteiger partial charge is 0.468 e. The van der Waals surface area contributed by atoms with Crippen molar-refractivity contribution in [3.63, 3.8) is 0 Å². The first-order valence-corrected chi connectivity index (χ1v) is 12.9. The molecule has 3 aromatic heterocycles. The third kappa shape index (κ3) is 4.84. The highest BCUT2D eigenvalue weighted by Crippen LogP contribution is 2.35. The maximum Gasteiger partial charge on any atom is 0.253 e. The van der Waals surface area contributed by atoms with Gasteiger partial charge in [-0.25, -0.2) is 4.68 Å². The summed E-state index contributed by atoms with van der Waals surface area (Å²) in [5, 5.41) is 14.1. The van der Waals surface area contributed by atoms with Crippen molar-refractivity contribution < 1.29 is 4.42 Å². The van der Waals surface area contributed by atoms with E-state index < -0.39 is 6.04 Å². The summed E-state index contributed by atoms with van der Waals surface area (Å²) in [6.07, 6.45) is 6.07. The van der Waals surface area contributed by atoms with E-state index in [1.54, 1.807) is 6.26 Å². The van der Waals surface area contributed by atoms with Crippen molar-refractivity contribution in [2.75, 3.05) is 0 Å². The number of aromatic amines is 1. The fourth-order valence-electron chi connectivity index (χ4n) is 5.49. The molecule has 2 aromatic carbocycles. The summed E-state index contributed by atoms with van der Waals surface area (Å²) >= 11 is 0. The Balaban J connectivity index is 1.54. The van der Waals surface area contributed by atoms with E-state index in [1.807, 2.05) is 53.2 Å². The molecule has 1 N–H and O–H groups in total. The van der Waals surface area contributed by atoms with E-state index in [-0.39, 0.29) is 11.6 Å². The Morgan fingerprint density at radius 3 is 2.68 bits per heavy atom. The van der Waals surface area contributed by atoms with Gasteiger partial charge in [0.2, 0.25) is 0 Å². The van der Waals surface area contributed by atoms with Crippen LogP contribution in [0.4, 0.5) is 0 Å². The lowest BCUT2D eigenvalue weighted by atomic mass is 10.0. The average Bonchev–Trinajstić information content (AvgIpc) is 3.69. The number of aromatic nitrogens is 5. The second-order valence-corrected chi connectivity index (χ2v) is 9.94. The second kappa shape index (κ2) is 10.1. The summed E-state index contributed by atoms with van der Waals surface area (Å²) in [5.74, 6) is 1.50. The van der Waals surface area contributed by atoms with Crippen LogP contribution in [0, 0.1) is 6.92 Å².